The van der Waals surface area contributed by atoms with Gasteiger partial charge < -0.3 is 4.74 Å². The van der Waals surface area contributed by atoms with E-state index in [1.54, 1.807) is 12.1 Å². The molecule has 0 bridgehead atoms. The first-order chi connectivity index (χ1) is 11.2. The lowest BCUT2D eigenvalue weighted by molar-refractivity contribution is -0.137. The molecule has 0 aliphatic rings. The van der Waals surface area contributed by atoms with Crippen LogP contribution in [0.5, 0.6) is 5.75 Å². The Bertz CT molecular complexity index is 770. The summed E-state index contributed by atoms with van der Waals surface area (Å²) in [5.41, 5.74) is 0.175. The Morgan fingerprint density at radius 2 is 1.58 bits per heavy atom. The number of hydrogen-bond donors (Lipinski definition) is 1. The van der Waals surface area contributed by atoms with Crippen molar-refractivity contribution >= 4 is 10.0 Å². The molecule has 0 aliphatic carbocycles. The maximum absolute atomic E-state index is 12.5. The minimum absolute atomic E-state index is 0.00275. The Morgan fingerprint density at radius 3 is 2.12 bits per heavy atom. The molecule has 0 aliphatic heterocycles. The van der Waals surface area contributed by atoms with Crippen molar-refractivity contribution in [1.29, 1.82) is 0 Å². The lowest BCUT2D eigenvalue weighted by Crippen LogP contribution is -2.28. The molecule has 0 spiro atoms. The van der Waals surface area contributed by atoms with Crippen molar-refractivity contribution in [1.82, 2.24) is 4.72 Å². The Hall–Kier alpha value is -2.06. The summed E-state index contributed by atoms with van der Waals surface area (Å²) in [4.78, 5) is -0.231. The Morgan fingerprint density at radius 1 is 1.00 bits per heavy atom. The number of rotatable bonds is 6. The standard InChI is InChI=1S/C16H16F3NO3S/c1-12-2-6-14(7-3-12)23-11-10-20-24(21,22)15-8-4-13(5-9-15)16(17,18)19/h2-9,20H,10-11H2,1H3. The van der Waals surface area contributed by atoms with E-state index >= 15 is 0 Å². The van der Waals surface area contributed by atoms with Crippen LogP contribution in [0, 0.1) is 6.92 Å². The van der Waals surface area contributed by atoms with Gasteiger partial charge in [0.2, 0.25) is 10.0 Å². The van der Waals surface area contributed by atoms with E-state index < -0.39 is 21.8 Å². The molecule has 0 aromatic heterocycles. The number of halogens is 3. The van der Waals surface area contributed by atoms with Crippen LogP contribution >= 0.6 is 0 Å². The topological polar surface area (TPSA) is 55.4 Å². The second kappa shape index (κ2) is 7.23. The Balaban J connectivity index is 1.90. The third kappa shape index (κ3) is 4.97. The predicted octanol–water partition coefficient (Wildman–Crippen LogP) is 3.37. The van der Waals surface area contributed by atoms with Crippen LogP contribution in [0.4, 0.5) is 13.2 Å². The quantitative estimate of drug-likeness (QED) is 0.805. The molecule has 2 aromatic carbocycles. The molecule has 130 valence electrons. The Kier molecular flexibility index (Phi) is 5.51. The largest absolute Gasteiger partial charge is 0.492 e. The van der Waals surface area contributed by atoms with Gasteiger partial charge in [0.15, 0.2) is 0 Å². The number of alkyl halides is 3. The normalized spacial score (nSPS) is 12.2. The third-order valence-electron chi connectivity index (χ3n) is 3.18. The first kappa shape index (κ1) is 18.3. The molecule has 0 saturated heterocycles. The van der Waals surface area contributed by atoms with Crippen molar-refractivity contribution in [3.8, 4) is 5.75 Å². The molecule has 4 nitrogen and oxygen atoms in total. The average molecular weight is 359 g/mol. The van der Waals surface area contributed by atoms with Gasteiger partial charge in [-0.3, -0.25) is 0 Å². The molecule has 8 heteroatoms. The highest BCUT2D eigenvalue weighted by atomic mass is 32.2. The molecule has 2 rings (SSSR count). The molecule has 0 atom stereocenters. The zero-order valence-electron chi connectivity index (χ0n) is 12.8. The lowest BCUT2D eigenvalue weighted by Gasteiger charge is -2.10. The van der Waals surface area contributed by atoms with E-state index in [1.165, 1.54) is 0 Å². The van der Waals surface area contributed by atoms with Crippen molar-refractivity contribution in [2.75, 3.05) is 13.2 Å². The monoisotopic (exact) mass is 359 g/mol. The van der Waals surface area contributed by atoms with Crippen molar-refractivity contribution in [3.05, 3.63) is 59.7 Å². The first-order valence-corrected chi connectivity index (χ1v) is 8.53. The predicted molar refractivity (Wildman–Crippen MR) is 83.3 cm³/mol. The van der Waals surface area contributed by atoms with Crippen LogP contribution in [0.3, 0.4) is 0 Å². The number of hydrogen-bond acceptors (Lipinski definition) is 3. The highest BCUT2D eigenvalue weighted by Gasteiger charge is 2.30. The zero-order chi connectivity index (χ0) is 17.8. The fourth-order valence-electron chi connectivity index (χ4n) is 1.89. The first-order valence-electron chi connectivity index (χ1n) is 7.05. The van der Waals surface area contributed by atoms with Crippen LogP contribution in [0.1, 0.15) is 11.1 Å². The SMILES string of the molecule is Cc1ccc(OCCNS(=O)(=O)c2ccc(C(F)(F)F)cc2)cc1. The van der Waals surface area contributed by atoms with Crippen LogP contribution in [0.2, 0.25) is 0 Å². The van der Waals surface area contributed by atoms with E-state index in [0.717, 1.165) is 29.8 Å². The third-order valence-corrected chi connectivity index (χ3v) is 4.65. The molecule has 0 saturated carbocycles. The summed E-state index contributed by atoms with van der Waals surface area (Å²) in [5, 5.41) is 0. The fourth-order valence-corrected chi connectivity index (χ4v) is 2.90. The molecule has 24 heavy (non-hydrogen) atoms. The van der Waals surface area contributed by atoms with Crippen LogP contribution in [0.25, 0.3) is 0 Å². The van der Waals surface area contributed by atoms with E-state index in [0.29, 0.717) is 5.75 Å². The summed E-state index contributed by atoms with van der Waals surface area (Å²) < 4.78 is 69.1. The highest BCUT2D eigenvalue weighted by molar-refractivity contribution is 7.89. The number of nitrogens with one attached hydrogen (secondary N) is 1. The van der Waals surface area contributed by atoms with Crippen molar-refractivity contribution in [2.45, 2.75) is 18.0 Å². The molecular formula is C16H16F3NO3S. The lowest BCUT2D eigenvalue weighted by atomic mass is 10.2. The van der Waals surface area contributed by atoms with Crippen LogP contribution < -0.4 is 9.46 Å². The molecular weight excluding hydrogens is 343 g/mol. The maximum Gasteiger partial charge on any atom is 0.416 e. The number of sulfonamides is 1. The van der Waals surface area contributed by atoms with Crippen molar-refractivity contribution in [2.24, 2.45) is 0 Å². The van der Waals surface area contributed by atoms with E-state index in [2.05, 4.69) is 4.72 Å². The molecule has 0 heterocycles. The second-order valence-corrected chi connectivity index (χ2v) is 6.85. The van der Waals surface area contributed by atoms with E-state index in [-0.39, 0.29) is 18.0 Å². The molecule has 0 unspecified atom stereocenters. The minimum atomic E-state index is -4.50. The van der Waals surface area contributed by atoms with Gasteiger partial charge in [0.1, 0.15) is 12.4 Å². The Labute approximate surface area is 138 Å². The van der Waals surface area contributed by atoms with Gasteiger partial charge in [0.25, 0.3) is 0 Å². The summed E-state index contributed by atoms with van der Waals surface area (Å²) >= 11 is 0. The van der Waals surface area contributed by atoms with Gasteiger partial charge in [-0.15, -0.1) is 0 Å². The van der Waals surface area contributed by atoms with Gasteiger partial charge >= 0.3 is 6.18 Å². The van der Waals surface area contributed by atoms with Gasteiger partial charge in [-0.25, -0.2) is 13.1 Å². The van der Waals surface area contributed by atoms with Gasteiger partial charge in [-0.1, -0.05) is 17.7 Å². The zero-order valence-corrected chi connectivity index (χ0v) is 13.6. The smallest absolute Gasteiger partial charge is 0.416 e. The molecule has 0 amide bonds. The summed E-state index contributed by atoms with van der Waals surface area (Å²) in [5.74, 6) is 0.606. The van der Waals surface area contributed by atoms with E-state index in [1.807, 2.05) is 19.1 Å². The second-order valence-electron chi connectivity index (χ2n) is 5.08. The highest BCUT2D eigenvalue weighted by Crippen LogP contribution is 2.29. The molecule has 0 fully saturated rings. The van der Waals surface area contributed by atoms with Gasteiger partial charge in [-0.2, -0.15) is 13.2 Å². The molecule has 0 radical (unpaired) electrons. The van der Waals surface area contributed by atoms with Gasteiger partial charge in [0, 0.05) is 6.54 Å². The van der Waals surface area contributed by atoms with Crippen LogP contribution in [-0.2, 0) is 16.2 Å². The summed E-state index contributed by atoms with van der Waals surface area (Å²) in [6.07, 6.45) is -4.50. The van der Waals surface area contributed by atoms with E-state index in [4.69, 9.17) is 4.74 Å². The summed E-state index contributed by atoms with van der Waals surface area (Å²) in [6, 6.07) is 10.6. The number of benzene rings is 2. The summed E-state index contributed by atoms with van der Waals surface area (Å²) in [6.45, 7) is 2.03. The molecule has 1 N–H and O–H groups in total. The van der Waals surface area contributed by atoms with Crippen molar-refractivity contribution in [3.63, 3.8) is 0 Å². The van der Waals surface area contributed by atoms with Crippen molar-refractivity contribution < 1.29 is 26.3 Å². The van der Waals surface area contributed by atoms with Crippen LogP contribution in [0.15, 0.2) is 53.4 Å². The maximum atomic E-state index is 12.5. The average Bonchev–Trinajstić information content (AvgIpc) is 2.52. The molecule has 2 aromatic rings. The number of ether oxygens (including phenoxy) is 1. The minimum Gasteiger partial charge on any atom is -0.492 e. The van der Waals surface area contributed by atoms with Gasteiger partial charge in [-0.05, 0) is 43.3 Å². The number of aryl methyl sites for hydroxylation is 1. The van der Waals surface area contributed by atoms with Gasteiger partial charge in [0.05, 0.1) is 10.5 Å². The van der Waals surface area contributed by atoms with E-state index in [9.17, 15) is 21.6 Å². The van der Waals surface area contributed by atoms with Crippen LogP contribution in [-0.4, -0.2) is 21.6 Å². The summed E-state index contributed by atoms with van der Waals surface area (Å²) in [7, 11) is -3.88. The fraction of sp³-hybridized carbons (Fsp3) is 0.250.